The molecular weight excluding hydrogens is 276 g/mol. The lowest BCUT2D eigenvalue weighted by molar-refractivity contribution is 0.695. The molecule has 2 heterocycles. The van der Waals surface area contributed by atoms with Crippen LogP contribution in [0.25, 0.3) is 5.95 Å². The molecule has 0 aliphatic carbocycles. The van der Waals surface area contributed by atoms with Gasteiger partial charge in [-0.25, -0.2) is 10.8 Å². The van der Waals surface area contributed by atoms with Gasteiger partial charge in [0, 0.05) is 18.9 Å². The first kappa shape index (κ1) is 14.5. The molecule has 1 atom stereocenters. The van der Waals surface area contributed by atoms with Crippen LogP contribution in [0, 0.1) is 5.92 Å². The Morgan fingerprint density at radius 3 is 2.80 bits per heavy atom. The Morgan fingerprint density at radius 1 is 1.35 bits per heavy atom. The zero-order valence-electron chi connectivity index (χ0n) is 11.4. The van der Waals surface area contributed by atoms with E-state index in [4.69, 9.17) is 5.84 Å². The van der Waals surface area contributed by atoms with Gasteiger partial charge in [0.15, 0.2) is 0 Å². The maximum absolute atomic E-state index is 5.39. The highest BCUT2D eigenvalue weighted by molar-refractivity contribution is 7.98. The lowest BCUT2D eigenvalue weighted by Crippen LogP contribution is -2.18. The Bertz CT molecular complexity index is 529. The van der Waals surface area contributed by atoms with Crippen molar-refractivity contribution in [1.82, 2.24) is 24.5 Å². The Morgan fingerprint density at radius 2 is 2.15 bits per heavy atom. The molecule has 1 unspecified atom stereocenters. The predicted octanol–water partition coefficient (Wildman–Crippen LogP) is 0.754. The molecule has 0 radical (unpaired) electrons. The van der Waals surface area contributed by atoms with E-state index in [2.05, 4.69) is 43.9 Å². The van der Waals surface area contributed by atoms with E-state index in [1.54, 1.807) is 23.3 Å². The molecule has 0 saturated carbocycles. The summed E-state index contributed by atoms with van der Waals surface area (Å²) in [5.41, 5.74) is 2.44. The lowest BCUT2D eigenvalue weighted by atomic mass is 10.2. The summed E-state index contributed by atoms with van der Waals surface area (Å²) >= 11 is 1.82. The van der Waals surface area contributed by atoms with Gasteiger partial charge in [0.1, 0.15) is 6.33 Å². The molecule has 20 heavy (non-hydrogen) atoms. The molecule has 9 heteroatoms. The van der Waals surface area contributed by atoms with Gasteiger partial charge in [0.05, 0.1) is 0 Å². The van der Waals surface area contributed by atoms with E-state index in [1.807, 2.05) is 11.8 Å². The number of thioether (sulfide) groups is 1. The molecule has 0 bridgehead atoms. The van der Waals surface area contributed by atoms with Crippen molar-refractivity contribution in [2.24, 2.45) is 11.8 Å². The van der Waals surface area contributed by atoms with E-state index >= 15 is 0 Å². The molecule has 4 N–H and O–H groups in total. The Kier molecular flexibility index (Phi) is 5.13. The molecule has 0 saturated heterocycles. The summed E-state index contributed by atoms with van der Waals surface area (Å²) in [6, 6.07) is 0. The van der Waals surface area contributed by atoms with Crippen molar-refractivity contribution >= 4 is 23.7 Å². The highest BCUT2D eigenvalue weighted by Gasteiger charge is 2.08. The summed E-state index contributed by atoms with van der Waals surface area (Å²) in [5.74, 6) is 8.25. The van der Waals surface area contributed by atoms with Gasteiger partial charge in [-0.1, -0.05) is 6.92 Å². The largest absolute Gasteiger partial charge is 0.354 e. The molecule has 0 aliphatic heterocycles. The number of aromatic nitrogens is 5. The number of rotatable bonds is 7. The van der Waals surface area contributed by atoms with Crippen LogP contribution in [-0.4, -0.2) is 43.1 Å². The monoisotopic (exact) mass is 294 g/mol. The maximum Gasteiger partial charge on any atom is 0.243 e. The number of imidazole rings is 1. The number of hydrogen-bond donors (Lipinski definition) is 3. The molecule has 0 fully saturated rings. The second-order valence-electron chi connectivity index (χ2n) is 4.34. The number of hydrogen-bond acceptors (Lipinski definition) is 8. The van der Waals surface area contributed by atoms with Gasteiger partial charge in [0.25, 0.3) is 0 Å². The molecule has 108 valence electrons. The number of nitrogens with two attached hydrogens (primary N) is 1. The van der Waals surface area contributed by atoms with Crippen molar-refractivity contribution in [2.45, 2.75) is 6.92 Å². The van der Waals surface area contributed by atoms with Crippen LogP contribution in [0.5, 0.6) is 0 Å². The minimum absolute atomic E-state index is 0.309. The molecular formula is C11H18N8S. The molecule has 0 spiro atoms. The van der Waals surface area contributed by atoms with Gasteiger partial charge in [-0.05, 0) is 17.9 Å². The molecule has 2 aromatic rings. The van der Waals surface area contributed by atoms with Crippen LogP contribution in [0.1, 0.15) is 6.92 Å². The minimum Gasteiger partial charge on any atom is -0.354 e. The van der Waals surface area contributed by atoms with E-state index in [9.17, 15) is 0 Å². The highest BCUT2D eigenvalue weighted by atomic mass is 32.2. The SMILES string of the molecule is CSCC(C)CNc1nc(NN)nc(-n2ccnc2)n1. The average molecular weight is 294 g/mol. The van der Waals surface area contributed by atoms with Gasteiger partial charge in [-0.2, -0.15) is 26.7 Å². The van der Waals surface area contributed by atoms with Gasteiger partial charge in [-0.3, -0.25) is 9.99 Å². The molecule has 0 aliphatic rings. The van der Waals surface area contributed by atoms with Crippen LogP contribution in [0.2, 0.25) is 0 Å². The van der Waals surface area contributed by atoms with E-state index in [0.717, 1.165) is 12.3 Å². The fourth-order valence-electron chi connectivity index (χ4n) is 1.61. The first-order chi connectivity index (χ1) is 9.72. The maximum atomic E-state index is 5.39. The summed E-state index contributed by atoms with van der Waals surface area (Å²) in [4.78, 5) is 16.7. The Hall–Kier alpha value is -1.87. The quantitative estimate of drug-likeness (QED) is 0.507. The lowest BCUT2D eigenvalue weighted by Gasteiger charge is -2.12. The van der Waals surface area contributed by atoms with E-state index in [1.165, 1.54) is 0 Å². The summed E-state index contributed by atoms with van der Waals surface area (Å²) < 4.78 is 1.69. The van der Waals surface area contributed by atoms with E-state index < -0.39 is 0 Å². The van der Waals surface area contributed by atoms with Crippen molar-refractivity contribution in [3.63, 3.8) is 0 Å². The van der Waals surface area contributed by atoms with Crippen LogP contribution >= 0.6 is 11.8 Å². The van der Waals surface area contributed by atoms with Crippen LogP contribution < -0.4 is 16.6 Å². The summed E-state index contributed by atoms with van der Waals surface area (Å²) in [5, 5.41) is 3.20. The Labute approximate surface area is 121 Å². The highest BCUT2D eigenvalue weighted by Crippen LogP contribution is 2.10. The van der Waals surface area contributed by atoms with Crippen LogP contribution in [0.4, 0.5) is 11.9 Å². The molecule has 0 amide bonds. The molecule has 2 aromatic heterocycles. The number of anilines is 2. The summed E-state index contributed by atoms with van der Waals surface area (Å²) in [6.07, 6.45) is 7.13. The standard InChI is InChI=1S/C11H18N8S/c1-8(6-20-2)5-14-9-15-10(18-12)17-11(16-9)19-4-3-13-7-19/h3-4,7-8H,5-6,12H2,1-2H3,(H2,14,15,16,17,18). The number of nitrogen functional groups attached to an aromatic ring is 1. The van der Waals surface area contributed by atoms with Crippen molar-refractivity contribution in [3.8, 4) is 5.95 Å². The van der Waals surface area contributed by atoms with E-state index in [0.29, 0.717) is 23.8 Å². The Balaban J connectivity index is 2.14. The fraction of sp³-hybridized carbons (Fsp3) is 0.455. The fourth-order valence-corrected chi connectivity index (χ4v) is 2.30. The topological polar surface area (TPSA) is 107 Å². The van der Waals surface area contributed by atoms with Crippen molar-refractivity contribution in [3.05, 3.63) is 18.7 Å². The third-order valence-corrected chi connectivity index (χ3v) is 3.45. The first-order valence-electron chi connectivity index (χ1n) is 6.16. The molecule has 8 nitrogen and oxygen atoms in total. The van der Waals surface area contributed by atoms with Gasteiger partial charge in [-0.15, -0.1) is 0 Å². The van der Waals surface area contributed by atoms with Crippen LogP contribution in [0.3, 0.4) is 0 Å². The van der Waals surface area contributed by atoms with E-state index in [-0.39, 0.29) is 0 Å². The number of hydrazine groups is 1. The van der Waals surface area contributed by atoms with Gasteiger partial charge < -0.3 is 5.32 Å². The zero-order valence-corrected chi connectivity index (χ0v) is 12.3. The first-order valence-corrected chi connectivity index (χ1v) is 7.56. The van der Waals surface area contributed by atoms with Crippen molar-refractivity contribution in [1.29, 1.82) is 0 Å². The minimum atomic E-state index is 0.309. The van der Waals surface area contributed by atoms with Gasteiger partial charge in [0.2, 0.25) is 17.8 Å². The van der Waals surface area contributed by atoms with Crippen molar-refractivity contribution in [2.75, 3.05) is 29.3 Å². The number of nitrogens with zero attached hydrogens (tertiary/aromatic N) is 5. The average Bonchev–Trinajstić information content (AvgIpc) is 2.99. The third kappa shape index (κ3) is 3.81. The molecule has 2 rings (SSSR count). The smallest absolute Gasteiger partial charge is 0.243 e. The van der Waals surface area contributed by atoms with Crippen molar-refractivity contribution < 1.29 is 0 Å². The predicted molar refractivity (Wildman–Crippen MR) is 80.8 cm³/mol. The number of nitrogens with one attached hydrogen (secondary N) is 2. The molecule has 0 aromatic carbocycles. The second kappa shape index (κ2) is 7.06. The zero-order chi connectivity index (χ0) is 14.4. The summed E-state index contributed by atoms with van der Waals surface area (Å²) in [7, 11) is 0. The second-order valence-corrected chi connectivity index (χ2v) is 5.25. The normalized spacial score (nSPS) is 12.2. The van der Waals surface area contributed by atoms with Crippen LogP contribution in [-0.2, 0) is 0 Å². The third-order valence-electron chi connectivity index (χ3n) is 2.55. The summed E-state index contributed by atoms with van der Waals surface area (Å²) in [6.45, 7) is 2.96. The van der Waals surface area contributed by atoms with Crippen LogP contribution in [0.15, 0.2) is 18.7 Å². The van der Waals surface area contributed by atoms with Gasteiger partial charge >= 0.3 is 0 Å².